The Morgan fingerprint density at radius 3 is 2.46 bits per heavy atom. The molecule has 4 saturated carbocycles. The summed E-state index contributed by atoms with van der Waals surface area (Å²) in [7, 11) is 0. The Morgan fingerprint density at radius 1 is 0.958 bits per heavy atom. The number of fused-ring (bicyclic) bond motifs is 5. The predicted octanol–water partition coefficient (Wildman–Crippen LogP) is 4.99. The van der Waals surface area contributed by atoms with Gasteiger partial charge in [0.1, 0.15) is 5.78 Å². The second-order valence-corrected chi connectivity index (χ2v) is 10.4. The lowest BCUT2D eigenvalue weighted by Crippen LogP contribution is -2.50. The molecule has 0 saturated heterocycles. The minimum Gasteiger partial charge on any atom is -0.390 e. The maximum absolute atomic E-state index is 11.7. The van der Waals surface area contributed by atoms with E-state index in [4.69, 9.17) is 0 Å². The summed E-state index contributed by atoms with van der Waals surface area (Å²) in [4.78, 5) is 11.7. The van der Waals surface area contributed by atoms with Gasteiger partial charge >= 0.3 is 0 Å². The molecule has 0 unspecified atom stereocenters. The Hall–Kier alpha value is -0.370. The highest BCUT2D eigenvalue weighted by molar-refractivity contribution is 5.75. The Kier molecular flexibility index (Phi) is 4.14. The summed E-state index contributed by atoms with van der Waals surface area (Å²) in [6.45, 7) is 6.35. The number of rotatable bonds is 2. The van der Waals surface area contributed by atoms with Crippen LogP contribution in [0.3, 0.4) is 0 Å². The van der Waals surface area contributed by atoms with E-state index in [9.17, 15) is 9.90 Å². The van der Waals surface area contributed by atoms with E-state index in [1.807, 2.05) is 0 Å². The van der Waals surface area contributed by atoms with E-state index in [0.717, 1.165) is 48.9 Å². The highest BCUT2D eigenvalue weighted by Gasteiger charge is 2.57. The van der Waals surface area contributed by atoms with Gasteiger partial charge in [-0.15, -0.1) is 0 Å². The van der Waals surface area contributed by atoms with Crippen LogP contribution >= 0.6 is 0 Å². The summed E-state index contributed by atoms with van der Waals surface area (Å²) in [6, 6.07) is 0. The first-order valence-electron chi connectivity index (χ1n) is 10.5. The zero-order valence-corrected chi connectivity index (χ0v) is 15.9. The standard InChI is InChI=1S/C22H36O2/c1-14(23)12-16-5-7-20-19-6-4-15-13-21(2,24)10-8-17(15)18(19)9-11-22(16,20)3/h15-20,24H,4-13H2,1-3H3/t15-,16+,17-,18+,19+,20-,21+,22+/m0/s1. The maximum atomic E-state index is 11.7. The monoisotopic (exact) mass is 332 g/mol. The summed E-state index contributed by atoms with van der Waals surface area (Å²) in [6.07, 6.45) is 12.2. The number of ketones is 1. The van der Waals surface area contributed by atoms with Crippen molar-refractivity contribution in [3.63, 3.8) is 0 Å². The Bertz CT molecular complexity index is 510. The van der Waals surface area contributed by atoms with Crippen LogP contribution in [0.4, 0.5) is 0 Å². The number of Topliss-reactive ketones (excluding diaryl/α,β-unsaturated/α-hetero) is 1. The molecule has 8 atom stereocenters. The molecule has 24 heavy (non-hydrogen) atoms. The largest absolute Gasteiger partial charge is 0.390 e. The normalized spacial score (nSPS) is 53.8. The van der Waals surface area contributed by atoms with Crippen LogP contribution in [0.2, 0.25) is 0 Å². The van der Waals surface area contributed by atoms with Crippen molar-refractivity contribution in [3.8, 4) is 0 Å². The lowest BCUT2D eigenvalue weighted by Gasteiger charge is -2.57. The molecule has 4 fully saturated rings. The molecule has 0 heterocycles. The summed E-state index contributed by atoms with van der Waals surface area (Å²) >= 11 is 0. The van der Waals surface area contributed by atoms with Crippen molar-refractivity contribution < 1.29 is 9.90 Å². The van der Waals surface area contributed by atoms with E-state index in [2.05, 4.69) is 13.8 Å². The molecule has 0 aliphatic heterocycles. The van der Waals surface area contributed by atoms with Crippen molar-refractivity contribution in [2.75, 3.05) is 0 Å². The number of aliphatic hydroxyl groups is 1. The van der Waals surface area contributed by atoms with Crippen LogP contribution in [0.1, 0.15) is 85.0 Å². The number of hydrogen-bond acceptors (Lipinski definition) is 2. The van der Waals surface area contributed by atoms with Crippen LogP contribution in [0.15, 0.2) is 0 Å². The first-order valence-corrected chi connectivity index (χ1v) is 10.5. The fourth-order valence-electron chi connectivity index (χ4n) is 7.87. The third kappa shape index (κ3) is 2.68. The minimum absolute atomic E-state index is 0.391. The molecule has 0 spiro atoms. The molecule has 4 aliphatic rings. The van der Waals surface area contributed by atoms with E-state index in [0.29, 0.717) is 17.1 Å². The SMILES string of the molecule is CC(=O)C[C@H]1CC[C@H]2[C@@H]3CC[C@H]4C[C@](C)(O)CC[C@@H]4[C@H]3CC[C@]12C. The molecular formula is C22H36O2. The predicted molar refractivity (Wildman–Crippen MR) is 96.5 cm³/mol. The summed E-state index contributed by atoms with van der Waals surface area (Å²) < 4.78 is 0. The van der Waals surface area contributed by atoms with Crippen LogP contribution in [0, 0.1) is 40.9 Å². The van der Waals surface area contributed by atoms with Gasteiger partial charge in [0.15, 0.2) is 0 Å². The molecule has 4 aliphatic carbocycles. The summed E-state index contributed by atoms with van der Waals surface area (Å²) in [5.41, 5.74) is 0.0248. The van der Waals surface area contributed by atoms with E-state index in [1.165, 1.54) is 44.9 Å². The van der Waals surface area contributed by atoms with Gasteiger partial charge < -0.3 is 9.90 Å². The maximum Gasteiger partial charge on any atom is 0.130 e. The Balaban J connectivity index is 1.52. The number of carbonyl (C=O) groups excluding carboxylic acids is 1. The molecule has 0 aromatic heterocycles. The molecule has 0 aromatic carbocycles. The second kappa shape index (κ2) is 5.83. The molecule has 1 N–H and O–H groups in total. The quantitative estimate of drug-likeness (QED) is 0.774. The first-order chi connectivity index (χ1) is 11.3. The van der Waals surface area contributed by atoms with E-state index >= 15 is 0 Å². The van der Waals surface area contributed by atoms with Crippen LogP contribution in [0.25, 0.3) is 0 Å². The van der Waals surface area contributed by atoms with E-state index in [1.54, 1.807) is 6.92 Å². The third-order valence-electron chi connectivity index (χ3n) is 8.97. The van der Waals surface area contributed by atoms with Gasteiger partial charge in [0.2, 0.25) is 0 Å². The fraction of sp³-hybridized carbons (Fsp3) is 0.955. The summed E-state index contributed by atoms with van der Waals surface area (Å²) in [5, 5.41) is 10.5. The average molecular weight is 333 g/mol. The lowest BCUT2D eigenvalue weighted by atomic mass is 9.49. The van der Waals surface area contributed by atoms with Gasteiger partial charge in [-0.3, -0.25) is 0 Å². The van der Waals surface area contributed by atoms with Crippen LogP contribution in [-0.2, 0) is 4.79 Å². The van der Waals surface area contributed by atoms with Gasteiger partial charge in [-0.25, -0.2) is 0 Å². The minimum atomic E-state index is -0.406. The molecule has 2 nitrogen and oxygen atoms in total. The topological polar surface area (TPSA) is 37.3 Å². The van der Waals surface area contributed by atoms with Gasteiger partial charge in [0.25, 0.3) is 0 Å². The average Bonchev–Trinajstić information content (AvgIpc) is 2.82. The molecule has 0 radical (unpaired) electrons. The van der Waals surface area contributed by atoms with E-state index in [-0.39, 0.29) is 0 Å². The molecule has 136 valence electrons. The molecule has 0 bridgehead atoms. The van der Waals surface area contributed by atoms with Gasteiger partial charge in [0.05, 0.1) is 5.60 Å². The van der Waals surface area contributed by atoms with Gasteiger partial charge in [0, 0.05) is 6.42 Å². The second-order valence-electron chi connectivity index (χ2n) is 10.4. The van der Waals surface area contributed by atoms with Crippen molar-refractivity contribution in [1.82, 2.24) is 0 Å². The molecular weight excluding hydrogens is 296 g/mol. The summed E-state index contributed by atoms with van der Waals surface area (Å²) in [5.74, 6) is 5.37. The highest BCUT2D eigenvalue weighted by Crippen LogP contribution is 2.65. The number of carbonyl (C=O) groups is 1. The van der Waals surface area contributed by atoms with Crippen molar-refractivity contribution in [2.45, 2.75) is 90.6 Å². The third-order valence-corrected chi connectivity index (χ3v) is 8.97. The zero-order chi connectivity index (χ0) is 17.1. The van der Waals surface area contributed by atoms with Crippen molar-refractivity contribution in [3.05, 3.63) is 0 Å². The Morgan fingerprint density at radius 2 is 1.71 bits per heavy atom. The van der Waals surface area contributed by atoms with E-state index < -0.39 is 5.60 Å². The Labute approximate surface area is 147 Å². The molecule has 0 aromatic rings. The molecule has 2 heteroatoms. The highest BCUT2D eigenvalue weighted by atomic mass is 16.3. The zero-order valence-electron chi connectivity index (χ0n) is 15.9. The first kappa shape index (κ1) is 17.1. The van der Waals surface area contributed by atoms with Crippen LogP contribution in [0.5, 0.6) is 0 Å². The molecule has 4 rings (SSSR count). The molecule has 0 amide bonds. The van der Waals surface area contributed by atoms with Crippen molar-refractivity contribution in [1.29, 1.82) is 0 Å². The van der Waals surface area contributed by atoms with Crippen molar-refractivity contribution in [2.24, 2.45) is 40.9 Å². The number of hydrogen-bond donors (Lipinski definition) is 1. The van der Waals surface area contributed by atoms with Crippen molar-refractivity contribution >= 4 is 5.78 Å². The smallest absolute Gasteiger partial charge is 0.130 e. The van der Waals surface area contributed by atoms with Crippen LogP contribution in [-0.4, -0.2) is 16.5 Å². The van der Waals surface area contributed by atoms with Gasteiger partial charge in [-0.1, -0.05) is 6.92 Å². The van der Waals surface area contributed by atoms with Crippen LogP contribution < -0.4 is 0 Å². The fourth-order valence-corrected chi connectivity index (χ4v) is 7.87. The van der Waals surface area contributed by atoms with Gasteiger partial charge in [-0.2, -0.15) is 0 Å². The lowest BCUT2D eigenvalue weighted by molar-refractivity contribution is -0.121. The van der Waals surface area contributed by atoms with Gasteiger partial charge in [-0.05, 0) is 113 Å².